The number of azo groups is 2. The van der Waals surface area contributed by atoms with Gasteiger partial charge in [0.05, 0.1) is 31.8 Å². The second-order valence-electron chi connectivity index (χ2n) is 16.7. The van der Waals surface area contributed by atoms with Crippen molar-refractivity contribution in [3.8, 4) is 11.5 Å². The minimum atomic E-state index is -5.28. The smallest absolute Gasteiger partial charge is 0.297 e. The summed E-state index contributed by atoms with van der Waals surface area (Å²) in [6.45, 7) is 0. The number of carbonyl (C=O) groups is 1. The van der Waals surface area contributed by atoms with Crippen molar-refractivity contribution in [1.29, 1.82) is 0 Å². The first kappa shape index (κ1) is 54.7. The van der Waals surface area contributed by atoms with Gasteiger partial charge in [-0.05, 0) is 119 Å². The van der Waals surface area contributed by atoms with Crippen LogP contribution in [0.5, 0.6) is 11.5 Å². The summed E-state index contributed by atoms with van der Waals surface area (Å²) in [7, 11) is -25.1. The van der Waals surface area contributed by atoms with E-state index in [-0.39, 0.29) is 71.9 Å². The van der Waals surface area contributed by atoms with Gasteiger partial charge in [-0.15, -0.1) is 15.3 Å². The van der Waals surface area contributed by atoms with Crippen molar-refractivity contribution in [3.05, 3.63) is 147 Å². The number of nitrogens with zero attached hydrogens (tertiary/aromatic N) is 6. The number of phenols is 2. The van der Waals surface area contributed by atoms with Crippen molar-refractivity contribution in [2.75, 3.05) is 10.7 Å². The standard InChI is InChI=1S/C46H30N8O20S5/c55-39-21-30(76(63,64)65)16-22-15-27(3-6-31(22)39)48-52-43-41(78(69,70)71)17-23-13-25(1-7-32(23)45(43)56)47-26-2-8-33-24(14-26)18-42(79(72,73)74)44(46(33)57)53-50-37-12-11-36(34-9-5-29(20-35(34)37)75(60,61)62)49-51-38-10-4-28(54(58)59)19-40(38)77(66,67)68/h1-21,47,50,55-56H,(H,60,61,62)(H,63,64,65)(H,66,67,68)(H,69,70,71)(H,72,73,74). The highest BCUT2D eigenvalue weighted by atomic mass is 32.2. The number of hydrogen-bond donors (Lipinski definition) is 9. The molecule has 79 heavy (non-hydrogen) atoms. The average molecular weight is 1180 g/mol. The largest absolute Gasteiger partial charge is 0.507 e. The van der Waals surface area contributed by atoms with Crippen molar-refractivity contribution in [3.63, 3.8) is 0 Å². The zero-order chi connectivity index (χ0) is 57.3. The van der Waals surface area contributed by atoms with E-state index in [0.717, 1.165) is 54.6 Å². The third-order valence-corrected chi connectivity index (χ3v) is 15.9. The molecule has 0 aromatic heterocycles. The number of nitrogens with one attached hydrogen (secondary N) is 2. The van der Waals surface area contributed by atoms with E-state index in [4.69, 9.17) is 0 Å². The van der Waals surface area contributed by atoms with Crippen LogP contribution in [-0.4, -0.2) is 91.5 Å². The predicted octanol–water partition coefficient (Wildman–Crippen LogP) is 8.92. The van der Waals surface area contributed by atoms with Gasteiger partial charge in [-0.2, -0.15) is 52.3 Å². The number of carbonyl (C=O) groups excluding carboxylic acids is 1. The molecule has 1 aliphatic rings. The van der Waals surface area contributed by atoms with Crippen LogP contribution < -0.4 is 10.7 Å². The van der Waals surface area contributed by atoms with Gasteiger partial charge < -0.3 is 15.5 Å². The summed E-state index contributed by atoms with van der Waals surface area (Å²) in [6.07, 6.45) is 0.903. The van der Waals surface area contributed by atoms with E-state index in [1.54, 1.807) is 0 Å². The molecule has 9 N–H and O–H groups in total. The number of non-ortho nitro benzene ring substituents is 1. The van der Waals surface area contributed by atoms with Crippen molar-refractivity contribution in [2.24, 2.45) is 25.6 Å². The van der Waals surface area contributed by atoms with Gasteiger partial charge in [-0.1, -0.05) is 6.07 Å². The van der Waals surface area contributed by atoms with E-state index in [1.165, 1.54) is 66.7 Å². The van der Waals surface area contributed by atoms with E-state index in [0.29, 0.717) is 6.07 Å². The highest BCUT2D eigenvalue weighted by molar-refractivity contribution is 7.91. The molecule has 0 aliphatic heterocycles. The number of rotatable bonds is 14. The normalized spacial score (nSPS) is 14.1. The molecule has 0 saturated heterocycles. The van der Waals surface area contributed by atoms with Crippen LogP contribution in [0, 0.1) is 10.1 Å². The van der Waals surface area contributed by atoms with Crippen LogP contribution in [0.25, 0.3) is 38.4 Å². The fraction of sp³-hybridized carbons (Fsp3) is 0. The van der Waals surface area contributed by atoms with E-state index < -0.39 is 120 Å². The maximum Gasteiger partial charge on any atom is 0.297 e. The number of ketones is 1. The summed E-state index contributed by atoms with van der Waals surface area (Å²) in [6, 6.07) is 22.4. The number of fused-ring (bicyclic) bond motifs is 4. The molecule has 8 aromatic rings. The van der Waals surface area contributed by atoms with Gasteiger partial charge in [-0.3, -0.25) is 43.1 Å². The Morgan fingerprint density at radius 3 is 1.82 bits per heavy atom. The first-order chi connectivity index (χ1) is 36.8. The van der Waals surface area contributed by atoms with Gasteiger partial charge in [0, 0.05) is 56.7 Å². The topological polar surface area (TPSA) is 458 Å². The molecule has 0 fully saturated rings. The highest BCUT2D eigenvalue weighted by Gasteiger charge is 2.33. The van der Waals surface area contributed by atoms with E-state index in [9.17, 15) is 90.0 Å². The number of hydrogen-bond acceptors (Lipinski definition) is 22. The number of anilines is 3. The number of nitro benzene ring substituents is 1. The molecule has 0 radical (unpaired) electrons. The summed E-state index contributed by atoms with van der Waals surface area (Å²) in [4.78, 5) is 20.1. The fourth-order valence-electron chi connectivity index (χ4n) is 8.02. The third kappa shape index (κ3) is 11.2. The number of phenolic OH excluding ortho intramolecular Hbond substituents is 2. The number of allylic oxidation sites excluding steroid dienone is 1. The lowest BCUT2D eigenvalue weighted by Gasteiger charge is -2.18. The highest BCUT2D eigenvalue weighted by Crippen LogP contribution is 2.43. The molecule has 8 aromatic carbocycles. The Kier molecular flexibility index (Phi) is 13.7. The summed E-state index contributed by atoms with van der Waals surface area (Å²) in [5, 5.41) is 55.4. The maximum absolute atomic E-state index is 14.0. The molecule has 0 atom stereocenters. The lowest BCUT2D eigenvalue weighted by Crippen LogP contribution is -2.27. The first-order valence-electron chi connectivity index (χ1n) is 21.5. The van der Waals surface area contributed by atoms with Crippen LogP contribution >= 0.6 is 0 Å². The molecule has 0 spiro atoms. The van der Waals surface area contributed by atoms with Gasteiger partial charge in [0.15, 0.2) is 11.5 Å². The molecular formula is C46H30N8O20S5. The second-order valence-corrected chi connectivity index (χ2v) is 23.7. The zero-order valence-electron chi connectivity index (χ0n) is 38.8. The Hall–Kier alpha value is -9.03. The maximum atomic E-state index is 14.0. The number of aromatic hydroxyl groups is 2. The van der Waals surface area contributed by atoms with Crippen LogP contribution in [-0.2, 0) is 50.6 Å². The third-order valence-electron chi connectivity index (χ3n) is 11.6. The van der Waals surface area contributed by atoms with E-state index >= 15 is 0 Å². The molecule has 0 unspecified atom stereocenters. The van der Waals surface area contributed by atoms with Crippen LogP contribution in [0.2, 0.25) is 0 Å². The van der Waals surface area contributed by atoms with Gasteiger partial charge in [0.25, 0.3) is 56.3 Å². The molecule has 33 heteroatoms. The Morgan fingerprint density at radius 2 is 1.15 bits per heavy atom. The fourth-order valence-corrected chi connectivity index (χ4v) is 11.0. The molecule has 404 valence electrons. The Bertz CT molecular complexity index is 4780. The quantitative estimate of drug-likeness (QED) is 0.0212. The second kappa shape index (κ2) is 19.8. The van der Waals surface area contributed by atoms with Crippen molar-refractivity contribution >= 4 is 146 Å². The van der Waals surface area contributed by atoms with E-state index in [2.05, 4.69) is 36.3 Å². The summed E-state index contributed by atoms with van der Waals surface area (Å²) in [5.41, 5.74) is -0.592. The van der Waals surface area contributed by atoms with Crippen molar-refractivity contribution < 1.29 is 84.8 Å². The summed E-state index contributed by atoms with van der Waals surface area (Å²) < 4.78 is 172. The van der Waals surface area contributed by atoms with Gasteiger partial charge in [0.1, 0.15) is 31.8 Å². The van der Waals surface area contributed by atoms with Gasteiger partial charge in [0.2, 0.25) is 5.78 Å². The molecule has 0 saturated carbocycles. The van der Waals surface area contributed by atoms with E-state index in [1.807, 2.05) is 0 Å². The molecule has 0 amide bonds. The Morgan fingerprint density at radius 1 is 0.519 bits per heavy atom. The summed E-state index contributed by atoms with van der Waals surface area (Å²) in [5.74, 6) is -2.32. The monoisotopic (exact) mass is 1170 g/mol. The molecule has 28 nitrogen and oxygen atoms in total. The first-order valence-corrected chi connectivity index (χ1v) is 28.7. The zero-order valence-corrected chi connectivity index (χ0v) is 42.9. The molecule has 0 bridgehead atoms. The molecule has 9 rings (SSSR count). The lowest BCUT2D eigenvalue weighted by atomic mass is 9.94. The minimum absolute atomic E-state index is 0.00175. The Balaban J connectivity index is 1.02. The number of Topliss-reactive ketones (excluding diaryl/α,β-unsaturated/α-hetero) is 1. The number of hydrazone groups is 1. The van der Waals surface area contributed by atoms with Crippen LogP contribution in [0.1, 0.15) is 15.9 Å². The van der Waals surface area contributed by atoms with Crippen LogP contribution in [0.15, 0.2) is 171 Å². The van der Waals surface area contributed by atoms with Crippen molar-refractivity contribution in [2.45, 2.75) is 19.6 Å². The average Bonchev–Trinajstić information content (AvgIpc) is 3.49. The number of nitro groups is 1. The van der Waals surface area contributed by atoms with Crippen LogP contribution in [0.3, 0.4) is 0 Å². The lowest BCUT2D eigenvalue weighted by molar-refractivity contribution is -0.385. The summed E-state index contributed by atoms with van der Waals surface area (Å²) >= 11 is 0. The van der Waals surface area contributed by atoms with Gasteiger partial charge in [-0.25, -0.2) is 0 Å². The van der Waals surface area contributed by atoms with Gasteiger partial charge >= 0.3 is 0 Å². The molecular weight excluding hydrogens is 1140 g/mol. The van der Waals surface area contributed by atoms with Crippen molar-refractivity contribution in [1.82, 2.24) is 0 Å². The molecule has 1 aliphatic carbocycles. The molecule has 0 heterocycles. The SMILES string of the molecule is O=C1C(=NNc2ccc(N=Nc3ccc([N+](=O)[O-])cc3S(=O)(=O)O)c3ccc(S(=O)(=O)O)cc23)C(S(=O)(=O)O)=Cc2cc(Nc3ccc4c(O)c(N=Nc5ccc6c(O)cc(S(=O)(=O)O)cc6c5)c(S(=O)(=O)O)cc4c3)ccc21. The van der Waals surface area contributed by atoms with Crippen LogP contribution in [0.4, 0.5) is 45.5 Å². The Labute approximate surface area is 443 Å². The minimum Gasteiger partial charge on any atom is -0.507 e. The number of benzene rings is 8. The predicted molar refractivity (Wildman–Crippen MR) is 281 cm³/mol.